The van der Waals surface area contributed by atoms with Crippen molar-refractivity contribution in [2.75, 3.05) is 21.3 Å². The molecule has 0 bridgehead atoms. The summed E-state index contributed by atoms with van der Waals surface area (Å²) in [5, 5.41) is 0. The Bertz CT molecular complexity index is 1070. The second-order valence-electron chi connectivity index (χ2n) is 6.02. The van der Waals surface area contributed by atoms with Gasteiger partial charge in [-0.05, 0) is 36.4 Å². The average Bonchev–Trinajstić information content (AvgIpc) is 2.71. The molecule has 2 heterocycles. The molecule has 0 fully saturated rings. The van der Waals surface area contributed by atoms with Gasteiger partial charge in [-0.25, -0.2) is 0 Å². The molecule has 0 radical (unpaired) electrons. The molecule has 7 nitrogen and oxygen atoms in total. The number of hydrogen-bond acceptors (Lipinski definition) is 6. The van der Waals surface area contributed by atoms with Gasteiger partial charge in [0.2, 0.25) is 5.88 Å². The molecule has 0 saturated heterocycles. The molecule has 2 aromatic carbocycles. The lowest BCUT2D eigenvalue weighted by Gasteiger charge is -2.20. The van der Waals surface area contributed by atoms with Crippen molar-refractivity contribution in [1.29, 1.82) is 0 Å². The second kappa shape index (κ2) is 6.68. The van der Waals surface area contributed by atoms with Gasteiger partial charge in [0.25, 0.3) is 5.56 Å². The first-order valence-corrected chi connectivity index (χ1v) is 8.33. The highest BCUT2D eigenvalue weighted by Crippen LogP contribution is 2.37. The minimum Gasteiger partial charge on any atom is -0.497 e. The number of hydrogen-bond donors (Lipinski definition) is 1. The molecular formula is C20H18N2O5. The summed E-state index contributed by atoms with van der Waals surface area (Å²) in [6.07, 6.45) is 0.416. The summed E-state index contributed by atoms with van der Waals surface area (Å²) in [5.41, 5.74) is 1.71. The van der Waals surface area contributed by atoms with Crippen LogP contribution in [0.5, 0.6) is 28.9 Å². The van der Waals surface area contributed by atoms with E-state index in [1.807, 2.05) is 18.2 Å². The minimum absolute atomic E-state index is 0.256. The molecule has 0 aliphatic carbocycles. The first-order chi connectivity index (χ1) is 13.1. The summed E-state index contributed by atoms with van der Waals surface area (Å²) in [4.78, 5) is 20.0. The van der Waals surface area contributed by atoms with Crippen molar-refractivity contribution in [1.82, 2.24) is 9.97 Å². The molecule has 0 saturated carbocycles. The van der Waals surface area contributed by atoms with Crippen LogP contribution in [-0.4, -0.2) is 31.3 Å². The zero-order chi connectivity index (χ0) is 19.0. The van der Waals surface area contributed by atoms with E-state index < -0.39 is 0 Å². The highest BCUT2D eigenvalue weighted by Gasteiger charge is 2.24. The number of benzene rings is 2. The highest BCUT2D eigenvalue weighted by molar-refractivity contribution is 5.67. The van der Waals surface area contributed by atoms with E-state index in [4.69, 9.17) is 18.9 Å². The Balaban J connectivity index is 1.81. The predicted molar refractivity (Wildman–Crippen MR) is 99.3 cm³/mol. The molecule has 1 aromatic heterocycles. The van der Waals surface area contributed by atoms with Gasteiger partial charge in [-0.1, -0.05) is 0 Å². The monoisotopic (exact) mass is 366 g/mol. The van der Waals surface area contributed by atoms with Crippen LogP contribution in [0.3, 0.4) is 0 Å². The Morgan fingerprint density at radius 2 is 1.74 bits per heavy atom. The number of H-pyrrole nitrogens is 1. The average molecular weight is 366 g/mol. The van der Waals surface area contributed by atoms with E-state index in [1.165, 1.54) is 0 Å². The van der Waals surface area contributed by atoms with Crippen LogP contribution in [0.1, 0.15) is 11.1 Å². The fraction of sp³-hybridized carbons (Fsp3) is 0.200. The normalized spacial score (nSPS) is 11.8. The van der Waals surface area contributed by atoms with E-state index in [0.717, 1.165) is 5.56 Å². The Morgan fingerprint density at radius 3 is 2.48 bits per heavy atom. The molecule has 0 amide bonds. The predicted octanol–water partition coefficient (Wildman–Crippen LogP) is 3.16. The summed E-state index contributed by atoms with van der Waals surface area (Å²) in [5.74, 6) is 3.21. The molecule has 27 heavy (non-hydrogen) atoms. The zero-order valence-corrected chi connectivity index (χ0v) is 15.2. The topological polar surface area (TPSA) is 82.7 Å². The SMILES string of the molecule is COc1ccc2c(c1)Cc1c(nc(-c3cc(OC)ccc3OC)[nH]c1=O)O2. The van der Waals surface area contributed by atoms with Crippen LogP contribution in [0.2, 0.25) is 0 Å². The van der Waals surface area contributed by atoms with Crippen LogP contribution in [0.25, 0.3) is 11.4 Å². The third-order valence-electron chi connectivity index (χ3n) is 4.48. The van der Waals surface area contributed by atoms with Gasteiger partial charge >= 0.3 is 0 Å². The lowest BCUT2D eigenvalue weighted by atomic mass is 10.0. The number of aromatic amines is 1. The van der Waals surface area contributed by atoms with E-state index in [2.05, 4.69) is 9.97 Å². The van der Waals surface area contributed by atoms with Gasteiger partial charge < -0.3 is 23.9 Å². The van der Waals surface area contributed by atoms with Gasteiger partial charge in [0.05, 0.1) is 32.5 Å². The summed E-state index contributed by atoms with van der Waals surface area (Å²) < 4.78 is 21.8. The van der Waals surface area contributed by atoms with E-state index in [1.54, 1.807) is 39.5 Å². The van der Waals surface area contributed by atoms with Crippen molar-refractivity contribution >= 4 is 0 Å². The smallest absolute Gasteiger partial charge is 0.258 e. The zero-order valence-electron chi connectivity index (χ0n) is 15.2. The molecule has 4 rings (SSSR count). The standard InChI is InChI=1S/C20H18N2O5/c1-24-12-4-6-16-11(8-12)9-15-19(23)21-18(22-20(15)27-16)14-10-13(25-2)5-7-17(14)26-3/h4-8,10H,9H2,1-3H3,(H,21,22,23). The lowest BCUT2D eigenvalue weighted by molar-refractivity contribution is 0.403. The maximum absolute atomic E-state index is 12.7. The summed E-state index contributed by atoms with van der Waals surface area (Å²) in [6, 6.07) is 10.8. The number of aromatic nitrogens is 2. The van der Waals surface area contributed by atoms with E-state index in [9.17, 15) is 4.79 Å². The Kier molecular flexibility index (Phi) is 4.19. The van der Waals surface area contributed by atoms with Crippen molar-refractivity contribution in [2.45, 2.75) is 6.42 Å². The Morgan fingerprint density at radius 1 is 1.00 bits per heavy atom. The maximum Gasteiger partial charge on any atom is 0.258 e. The molecule has 138 valence electrons. The molecule has 0 atom stereocenters. The molecular weight excluding hydrogens is 348 g/mol. The number of rotatable bonds is 4. The van der Waals surface area contributed by atoms with Crippen LogP contribution in [0, 0.1) is 0 Å². The van der Waals surface area contributed by atoms with Crippen molar-refractivity contribution in [3.8, 4) is 40.3 Å². The van der Waals surface area contributed by atoms with Crippen LogP contribution in [-0.2, 0) is 6.42 Å². The molecule has 7 heteroatoms. The summed E-state index contributed by atoms with van der Waals surface area (Å²) in [7, 11) is 4.73. The van der Waals surface area contributed by atoms with Gasteiger partial charge in [0.15, 0.2) is 0 Å². The highest BCUT2D eigenvalue weighted by atomic mass is 16.5. The fourth-order valence-corrected chi connectivity index (χ4v) is 3.06. The minimum atomic E-state index is -0.256. The van der Waals surface area contributed by atoms with Crippen molar-refractivity contribution in [3.05, 3.63) is 57.9 Å². The van der Waals surface area contributed by atoms with E-state index in [0.29, 0.717) is 46.4 Å². The summed E-state index contributed by atoms with van der Waals surface area (Å²) in [6.45, 7) is 0. The lowest BCUT2D eigenvalue weighted by Crippen LogP contribution is -2.20. The van der Waals surface area contributed by atoms with Crippen LogP contribution < -0.4 is 24.5 Å². The van der Waals surface area contributed by atoms with Crippen LogP contribution in [0.15, 0.2) is 41.2 Å². The molecule has 1 aliphatic heterocycles. The molecule has 1 N–H and O–H groups in total. The first-order valence-electron chi connectivity index (χ1n) is 8.33. The van der Waals surface area contributed by atoms with Gasteiger partial charge in [0.1, 0.15) is 28.8 Å². The fourth-order valence-electron chi connectivity index (χ4n) is 3.06. The van der Waals surface area contributed by atoms with Gasteiger partial charge in [0, 0.05) is 12.0 Å². The van der Waals surface area contributed by atoms with Gasteiger partial charge in [-0.3, -0.25) is 4.79 Å². The Labute approximate surface area is 155 Å². The van der Waals surface area contributed by atoms with E-state index in [-0.39, 0.29) is 11.4 Å². The van der Waals surface area contributed by atoms with Gasteiger partial charge in [-0.2, -0.15) is 4.98 Å². The largest absolute Gasteiger partial charge is 0.497 e. The second-order valence-corrected chi connectivity index (χ2v) is 6.02. The van der Waals surface area contributed by atoms with Crippen LogP contribution in [0.4, 0.5) is 0 Å². The van der Waals surface area contributed by atoms with Crippen LogP contribution >= 0.6 is 0 Å². The molecule has 0 spiro atoms. The number of methoxy groups -OCH3 is 3. The Hall–Kier alpha value is -3.48. The number of nitrogens with zero attached hydrogens (tertiary/aromatic N) is 1. The van der Waals surface area contributed by atoms with Crippen molar-refractivity contribution in [2.24, 2.45) is 0 Å². The molecule has 0 unspecified atom stereocenters. The first kappa shape index (κ1) is 17.0. The van der Waals surface area contributed by atoms with Crippen molar-refractivity contribution < 1.29 is 18.9 Å². The maximum atomic E-state index is 12.7. The van der Waals surface area contributed by atoms with Gasteiger partial charge in [-0.15, -0.1) is 0 Å². The molecule has 3 aromatic rings. The number of nitrogens with one attached hydrogen (secondary N) is 1. The van der Waals surface area contributed by atoms with Crippen molar-refractivity contribution in [3.63, 3.8) is 0 Å². The third kappa shape index (κ3) is 2.97. The number of ether oxygens (including phenoxy) is 4. The number of fused-ring (bicyclic) bond motifs is 2. The third-order valence-corrected chi connectivity index (χ3v) is 4.48. The summed E-state index contributed by atoms with van der Waals surface area (Å²) >= 11 is 0. The molecule has 1 aliphatic rings. The quantitative estimate of drug-likeness (QED) is 0.597. The van der Waals surface area contributed by atoms with E-state index >= 15 is 0 Å².